The minimum absolute atomic E-state index is 0.0635. The summed E-state index contributed by atoms with van der Waals surface area (Å²) in [5.74, 6) is 3.10. The van der Waals surface area contributed by atoms with Gasteiger partial charge in [-0.05, 0) is 31.4 Å². The van der Waals surface area contributed by atoms with Crippen molar-refractivity contribution in [2.24, 2.45) is 5.92 Å². The molecule has 0 aromatic carbocycles. The van der Waals surface area contributed by atoms with Crippen molar-refractivity contribution in [3.05, 3.63) is 0 Å². The first-order valence-corrected chi connectivity index (χ1v) is 8.16. The smallest absolute Gasteiger partial charge is 0.136 e. The molecule has 98 valence electrons. The fraction of sp³-hybridized carbons (Fsp3) is 0.929. The van der Waals surface area contributed by atoms with E-state index in [-0.39, 0.29) is 5.60 Å². The maximum absolute atomic E-state index is 12.2. The van der Waals surface area contributed by atoms with Gasteiger partial charge in [0.2, 0.25) is 0 Å². The average Bonchev–Trinajstić information content (AvgIpc) is 2.77. The molecule has 0 aromatic heterocycles. The van der Waals surface area contributed by atoms with Crippen molar-refractivity contribution < 1.29 is 9.53 Å². The Kier molecular flexibility index (Phi) is 4.92. The van der Waals surface area contributed by atoms with E-state index in [1.807, 2.05) is 11.8 Å². The Morgan fingerprint density at radius 3 is 3.06 bits per heavy atom. The van der Waals surface area contributed by atoms with Crippen LogP contribution in [0.15, 0.2) is 0 Å². The van der Waals surface area contributed by atoms with Crippen LogP contribution in [0.2, 0.25) is 0 Å². The van der Waals surface area contributed by atoms with E-state index < -0.39 is 0 Å². The first kappa shape index (κ1) is 13.4. The molecule has 2 rings (SSSR count). The Morgan fingerprint density at radius 1 is 1.47 bits per heavy atom. The lowest BCUT2D eigenvalue weighted by atomic mass is 9.82. The molecule has 0 bridgehead atoms. The third kappa shape index (κ3) is 3.47. The summed E-state index contributed by atoms with van der Waals surface area (Å²) in [7, 11) is 0. The van der Waals surface area contributed by atoms with E-state index in [2.05, 4.69) is 6.92 Å². The largest absolute Gasteiger partial charge is 0.374 e. The van der Waals surface area contributed by atoms with Crippen molar-refractivity contribution >= 4 is 17.5 Å². The fourth-order valence-electron chi connectivity index (χ4n) is 2.92. The van der Waals surface area contributed by atoms with Gasteiger partial charge in [0.1, 0.15) is 5.78 Å². The van der Waals surface area contributed by atoms with Gasteiger partial charge in [0, 0.05) is 24.7 Å². The molecule has 0 aliphatic carbocycles. The number of hydrogen-bond donors (Lipinski definition) is 0. The maximum atomic E-state index is 12.2. The first-order chi connectivity index (χ1) is 8.26. The highest BCUT2D eigenvalue weighted by atomic mass is 32.2. The Hall–Kier alpha value is -0.0200. The summed E-state index contributed by atoms with van der Waals surface area (Å²) in [6.45, 7) is 2.98. The summed E-state index contributed by atoms with van der Waals surface area (Å²) < 4.78 is 5.96. The van der Waals surface area contributed by atoms with Gasteiger partial charge in [-0.2, -0.15) is 11.8 Å². The second-order valence-electron chi connectivity index (χ2n) is 5.45. The highest BCUT2D eigenvalue weighted by Crippen LogP contribution is 2.40. The molecule has 2 heterocycles. The summed E-state index contributed by atoms with van der Waals surface area (Å²) in [4.78, 5) is 12.2. The number of carbonyl (C=O) groups excluding carboxylic acids is 1. The van der Waals surface area contributed by atoms with E-state index in [9.17, 15) is 4.79 Å². The van der Waals surface area contributed by atoms with Crippen LogP contribution in [-0.2, 0) is 9.53 Å². The van der Waals surface area contributed by atoms with Crippen LogP contribution in [0.3, 0.4) is 0 Å². The van der Waals surface area contributed by atoms with Gasteiger partial charge < -0.3 is 4.74 Å². The van der Waals surface area contributed by atoms with Gasteiger partial charge in [0.25, 0.3) is 0 Å². The van der Waals surface area contributed by atoms with Crippen molar-refractivity contribution in [1.29, 1.82) is 0 Å². The molecule has 2 atom stereocenters. The summed E-state index contributed by atoms with van der Waals surface area (Å²) in [5.41, 5.74) is 0.0635. The zero-order valence-corrected chi connectivity index (χ0v) is 11.7. The number of thioether (sulfide) groups is 1. The van der Waals surface area contributed by atoms with Crippen molar-refractivity contribution in [3.63, 3.8) is 0 Å². The van der Waals surface area contributed by atoms with Gasteiger partial charge in [-0.1, -0.05) is 19.8 Å². The number of carbonyl (C=O) groups is 1. The zero-order valence-electron chi connectivity index (χ0n) is 10.9. The lowest BCUT2D eigenvalue weighted by Crippen LogP contribution is -2.42. The number of rotatable bonds is 5. The molecule has 2 saturated heterocycles. The summed E-state index contributed by atoms with van der Waals surface area (Å²) in [6.07, 6.45) is 7.35. The van der Waals surface area contributed by atoms with E-state index >= 15 is 0 Å². The number of ketones is 1. The van der Waals surface area contributed by atoms with Crippen LogP contribution in [0, 0.1) is 5.92 Å². The van der Waals surface area contributed by atoms with E-state index in [4.69, 9.17) is 4.74 Å². The zero-order chi connectivity index (χ0) is 12.1. The van der Waals surface area contributed by atoms with Crippen LogP contribution in [-0.4, -0.2) is 29.5 Å². The van der Waals surface area contributed by atoms with Crippen molar-refractivity contribution in [1.82, 2.24) is 0 Å². The number of unbranched alkanes of at least 4 members (excludes halogenated alkanes) is 2. The average molecular weight is 256 g/mol. The van der Waals surface area contributed by atoms with Gasteiger partial charge in [-0.15, -0.1) is 0 Å². The molecule has 2 aliphatic heterocycles. The highest BCUT2D eigenvalue weighted by molar-refractivity contribution is 7.99. The van der Waals surface area contributed by atoms with Crippen LogP contribution in [0.1, 0.15) is 51.9 Å². The fourth-order valence-corrected chi connectivity index (χ4v) is 4.30. The van der Waals surface area contributed by atoms with E-state index in [1.165, 1.54) is 18.6 Å². The summed E-state index contributed by atoms with van der Waals surface area (Å²) in [5, 5.41) is 0. The van der Waals surface area contributed by atoms with E-state index in [0.29, 0.717) is 11.7 Å². The van der Waals surface area contributed by atoms with Crippen molar-refractivity contribution in [3.8, 4) is 0 Å². The van der Waals surface area contributed by atoms with Gasteiger partial charge in [0.05, 0.1) is 5.60 Å². The Labute approximate surface area is 109 Å². The predicted molar refractivity (Wildman–Crippen MR) is 72.5 cm³/mol. The molecule has 0 saturated carbocycles. The van der Waals surface area contributed by atoms with Gasteiger partial charge in [-0.3, -0.25) is 4.79 Å². The van der Waals surface area contributed by atoms with Crippen molar-refractivity contribution in [2.75, 3.05) is 18.1 Å². The lowest BCUT2D eigenvalue weighted by Gasteiger charge is -2.37. The molecule has 0 N–H and O–H groups in total. The number of hydrogen-bond acceptors (Lipinski definition) is 3. The molecule has 2 nitrogen and oxygen atoms in total. The molecular weight excluding hydrogens is 232 g/mol. The molecule has 1 spiro atoms. The van der Waals surface area contributed by atoms with Crippen molar-refractivity contribution in [2.45, 2.75) is 57.5 Å². The molecule has 0 radical (unpaired) electrons. The molecule has 0 amide bonds. The van der Waals surface area contributed by atoms with Gasteiger partial charge in [0.15, 0.2) is 0 Å². The van der Waals surface area contributed by atoms with Gasteiger partial charge >= 0.3 is 0 Å². The minimum Gasteiger partial charge on any atom is -0.374 e. The molecule has 2 unspecified atom stereocenters. The molecule has 2 aliphatic rings. The lowest BCUT2D eigenvalue weighted by molar-refractivity contribution is -0.134. The molecule has 3 heteroatoms. The molecular formula is C14H24O2S. The Balaban J connectivity index is 1.82. The Morgan fingerprint density at radius 2 is 2.35 bits per heavy atom. The molecule has 2 fully saturated rings. The van der Waals surface area contributed by atoms with Crippen LogP contribution in [0.25, 0.3) is 0 Å². The van der Waals surface area contributed by atoms with Crippen LogP contribution >= 0.6 is 11.8 Å². The van der Waals surface area contributed by atoms with Gasteiger partial charge in [-0.25, -0.2) is 0 Å². The first-order valence-electron chi connectivity index (χ1n) is 7.00. The van der Waals surface area contributed by atoms with Crippen LogP contribution < -0.4 is 0 Å². The number of Topliss-reactive ketones (excluding diaryl/α,β-unsaturated/α-hetero) is 1. The summed E-state index contributed by atoms with van der Waals surface area (Å²) >= 11 is 1.98. The standard InChI is InChI=1S/C14H24O2S/c1-2-3-4-5-13(15)12-6-8-16-14(10-12)7-9-17-11-14/h12H,2-11H2,1H3. The highest BCUT2D eigenvalue weighted by Gasteiger charge is 2.41. The third-order valence-corrected chi connectivity index (χ3v) is 5.27. The van der Waals surface area contributed by atoms with E-state index in [0.717, 1.165) is 44.5 Å². The number of ether oxygens (including phenoxy) is 1. The van der Waals surface area contributed by atoms with E-state index in [1.54, 1.807) is 0 Å². The summed E-state index contributed by atoms with van der Waals surface area (Å²) in [6, 6.07) is 0. The quantitative estimate of drug-likeness (QED) is 0.705. The second-order valence-corrected chi connectivity index (χ2v) is 6.55. The molecule has 0 aromatic rings. The normalized spacial score (nSPS) is 33.1. The third-order valence-electron chi connectivity index (χ3n) is 4.04. The SMILES string of the molecule is CCCCCC(=O)C1CCOC2(CCSC2)C1. The van der Waals surface area contributed by atoms with Crippen LogP contribution in [0.4, 0.5) is 0 Å². The Bertz CT molecular complexity index is 259. The predicted octanol–water partition coefficient (Wildman–Crippen LogP) is 3.44. The minimum atomic E-state index is 0.0635. The monoisotopic (exact) mass is 256 g/mol. The topological polar surface area (TPSA) is 26.3 Å². The molecule has 17 heavy (non-hydrogen) atoms. The van der Waals surface area contributed by atoms with Crippen LogP contribution in [0.5, 0.6) is 0 Å². The second kappa shape index (κ2) is 6.24. The maximum Gasteiger partial charge on any atom is 0.136 e.